The van der Waals surface area contributed by atoms with Gasteiger partial charge >= 0.3 is 31.1 Å². The summed E-state index contributed by atoms with van der Waals surface area (Å²) in [6.45, 7) is 5.56. The largest absolute Gasteiger partial charge is 2.00 e. The maximum Gasteiger partial charge on any atom is 2.00 e. The first-order valence-corrected chi connectivity index (χ1v) is 5.68. The fourth-order valence-electron chi connectivity index (χ4n) is 1.28. The third kappa shape index (κ3) is 4.97. The van der Waals surface area contributed by atoms with E-state index in [1.807, 2.05) is 18.2 Å². The van der Waals surface area contributed by atoms with Gasteiger partial charge in [-0.2, -0.15) is 0 Å². The molecular weight excluding hydrogens is 458 g/mol. The molecular formula is C12H16N2OSU. The number of hydrogen-bond donors (Lipinski definition) is 1. The Kier molecular flexibility index (Phi) is 8.89. The number of thiazole rings is 1. The van der Waals surface area contributed by atoms with Gasteiger partial charge in [-0.25, -0.2) is 4.98 Å². The number of anilines is 1. The number of aromatic nitrogens is 1. The van der Waals surface area contributed by atoms with Crippen LogP contribution in [-0.4, -0.2) is 24.7 Å². The Balaban J connectivity index is 0.00000128. The Bertz CT molecular complexity index is 400. The van der Waals surface area contributed by atoms with Gasteiger partial charge in [0.05, 0.1) is 16.8 Å². The molecule has 0 fully saturated rings. The van der Waals surface area contributed by atoms with E-state index in [1.165, 1.54) is 4.70 Å². The number of nitrogens with zero attached hydrogens (tertiary/aromatic N) is 1. The van der Waals surface area contributed by atoms with Crippen LogP contribution >= 0.6 is 11.3 Å². The zero-order valence-corrected chi connectivity index (χ0v) is 14.9. The van der Waals surface area contributed by atoms with Crippen LogP contribution in [0.3, 0.4) is 0 Å². The maximum atomic E-state index is 5.13. The first kappa shape index (κ1) is 16.9. The maximum absolute atomic E-state index is 5.13. The number of para-hydroxylation sites is 1. The van der Waals surface area contributed by atoms with Crippen LogP contribution in [0, 0.1) is 45.5 Å². The van der Waals surface area contributed by atoms with E-state index >= 15 is 0 Å². The Morgan fingerprint density at radius 1 is 1.35 bits per heavy atom. The normalized spacial score (nSPS) is 9.47. The molecule has 1 heterocycles. The van der Waals surface area contributed by atoms with Gasteiger partial charge in [0.25, 0.3) is 0 Å². The molecule has 90 valence electrons. The van der Waals surface area contributed by atoms with Gasteiger partial charge in [-0.1, -0.05) is 30.1 Å². The average Bonchev–Trinajstić information content (AvgIpc) is 2.67. The van der Waals surface area contributed by atoms with Crippen LogP contribution < -0.4 is 5.32 Å². The molecule has 0 aliphatic carbocycles. The predicted octanol–water partition coefficient (Wildman–Crippen LogP) is 3.01. The molecule has 0 saturated heterocycles. The molecule has 17 heavy (non-hydrogen) atoms. The van der Waals surface area contributed by atoms with Crippen molar-refractivity contribution in [1.29, 1.82) is 0 Å². The van der Waals surface area contributed by atoms with E-state index in [0.717, 1.165) is 17.2 Å². The van der Waals surface area contributed by atoms with Crippen LogP contribution in [0.25, 0.3) is 10.2 Å². The molecule has 0 radical (unpaired) electrons. The van der Waals surface area contributed by atoms with Crippen molar-refractivity contribution in [3.05, 3.63) is 38.6 Å². The number of rotatable bonds is 5. The third-order valence-electron chi connectivity index (χ3n) is 1.96. The van der Waals surface area contributed by atoms with Gasteiger partial charge in [-0.05, 0) is 12.1 Å². The molecule has 0 aliphatic heterocycles. The first-order chi connectivity index (χ1) is 7.40. The van der Waals surface area contributed by atoms with E-state index < -0.39 is 0 Å². The monoisotopic (exact) mass is 474 g/mol. The summed E-state index contributed by atoms with van der Waals surface area (Å²) in [5, 5.41) is 4.17. The molecule has 0 unspecified atom stereocenters. The molecule has 1 aromatic carbocycles. The van der Waals surface area contributed by atoms with Crippen molar-refractivity contribution in [2.75, 3.05) is 25.1 Å². The summed E-state index contributed by atoms with van der Waals surface area (Å²) < 4.78 is 6.34. The number of fused-ring (bicyclic) bond motifs is 1. The Hall–Kier alpha value is -0.0781. The molecule has 0 aliphatic rings. The van der Waals surface area contributed by atoms with Crippen LogP contribution in [-0.2, 0) is 4.74 Å². The number of ether oxygens (including phenoxy) is 1. The Morgan fingerprint density at radius 2 is 2.12 bits per heavy atom. The molecule has 1 aromatic heterocycles. The molecule has 5 heteroatoms. The van der Waals surface area contributed by atoms with Gasteiger partial charge in [-0.3, -0.25) is 0 Å². The van der Waals surface area contributed by atoms with E-state index in [4.69, 9.17) is 4.74 Å². The van der Waals surface area contributed by atoms with E-state index in [2.05, 4.69) is 23.3 Å². The van der Waals surface area contributed by atoms with Crippen LogP contribution in [0.15, 0.2) is 24.3 Å². The van der Waals surface area contributed by atoms with E-state index in [-0.39, 0.29) is 38.5 Å². The number of nitrogens with one attached hydrogen (secondary N) is 1. The third-order valence-corrected chi connectivity index (χ3v) is 2.95. The Labute approximate surface area is 130 Å². The van der Waals surface area contributed by atoms with Crippen molar-refractivity contribution in [3.8, 4) is 0 Å². The molecule has 0 spiro atoms. The summed E-state index contributed by atoms with van der Waals surface area (Å²) in [4.78, 5) is 4.45. The molecule has 0 bridgehead atoms. The standard InChI is InChI=1S/C11H13N2OS.CH3.U/c1-2-14-8-7-12-11-13-9-5-3-4-6-10(9)15-11;;/h3-6H,1-2,7-8H2,(H,12,13);1H3;/q2*-1;+2. The predicted molar refractivity (Wildman–Crippen MR) is 70.7 cm³/mol. The zero-order chi connectivity index (χ0) is 10.5. The summed E-state index contributed by atoms with van der Waals surface area (Å²) in [5.74, 6) is 0. The van der Waals surface area contributed by atoms with Crippen LogP contribution in [0.5, 0.6) is 0 Å². The number of hydrogen-bond acceptors (Lipinski definition) is 4. The minimum atomic E-state index is 0. The van der Waals surface area contributed by atoms with E-state index in [0.29, 0.717) is 13.2 Å². The minimum absolute atomic E-state index is 0. The summed E-state index contributed by atoms with van der Waals surface area (Å²) >= 11 is 1.66. The summed E-state index contributed by atoms with van der Waals surface area (Å²) in [5.41, 5.74) is 1.04. The molecule has 1 N–H and O–H groups in total. The van der Waals surface area contributed by atoms with Crippen molar-refractivity contribution in [2.24, 2.45) is 0 Å². The summed E-state index contributed by atoms with van der Waals surface area (Å²) in [6.07, 6.45) is 0. The van der Waals surface area contributed by atoms with Crippen LogP contribution in [0.4, 0.5) is 5.13 Å². The quantitative estimate of drug-likeness (QED) is 0.535. The molecule has 2 aromatic rings. The van der Waals surface area contributed by atoms with Crippen LogP contribution in [0.2, 0.25) is 0 Å². The fraction of sp³-hybridized carbons (Fsp3) is 0.250. The topological polar surface area (TPSA) is 34.1 Å². The van der Waals surface area contributed by atoms with Crippen molar-refractivity contribution < 1.29 is 35.9 Å². The van der Waals surface area contributed by atoms with Gasteiger partial charge in [0.15, 0.2) is 5.13 Å². The van der Waals surface area contributed by atoms with Gasteiger partial charge in [0, 0.05) is 6.54 Å². The van der Waals surface area contributed by atoms with Crippen molar-refractivity contribution >= 4 is 26.7 Å². The second kappa shape index (κ2) is 8.93. The van der Waals surface area contributed by atoms with E-state index in [1.54, 1.807) is 11.3 Å². The molecule has 0 atom stereocenters. The van der Waals surface area contributed by atoms with Gasteiger partial charge in [-0.15, -0.1) is 0 Å². The van der Waals surface area contributed by atoms with Crippen molar-refractivity contribution in [1.82, 2.24) is 4.98 Å². The summed E-state index contributed by atoms with van der Waals surface area (Å²) in [7, 11) is 0. The molecule has 3 nitrogen and oxygen atoms in total. The van der Waals surface area contributed by atoms with E-state index in [9.17, 15) is 0 Å². The van der Waals surface area contributed by atoms with Gasteiger partial charge in [0.2, 0.25) is 0 Å². The minimum Gasteiger partial charge on any atom is -0.412 e. The SMILES string of the molecule is [CH2-]COCCNc1nc2ccccc2s1.[CH3-].[U+2]. The average molecular weight is 474 g/mol. The molecule has 0 saturated carbocycles. The summed E-state index contributed by atoms with van der Waals surface area (Å²) in [6, 6.07) is 8.11. The number of benzene rings is 1. The Morgan fingerprint density at radius 3 is 2.82 bits per heavy atom. The zero-order valence-electron chi connectivity index (χ0n) is 9.90. The van der Waals surface area contributed by atoms with Crippen LogP contribution in [0.1, 0.15) is 0 Å². The first-order valence-electron chi connectivity index (χ1n) is 4.86. The van der Waals surface area contributed by atoms with Gasteiger partial charge in [0.1, 0.15) is 0 Å². The second-order valence-corrected chi connectivity index (χ2v) is 4.06. The second-order valence-electron chi connectivity index (χ2n) is 3.03. The molecule has 2 rings (SSSR count). The molecule has 0 amide bonds. The van der Waals surface area contributed by atoms with Crippen molar-refractivity contribution in [3.63, 3.8) is 0 Å². The smallest absolute Gasteiger partial charge is 0.412 e. The fourth-order valence-corrected chi connectivity index (χ4v) is 2.17. The van der Waals surface area contributed by atoms with Gasteiger partial charge < -0.3 is 24.4 Å². The van der Waals surface area contributed by atoms with Crippen molar-refractivity contribution in [2.45, 2.75) is 0 Å².